The number of rotatable bonds is 4. The summed E-state index contributed by atoms with van der Waals surface area (Å²) in [5.41, 5.74) is 7.35. The molecular formula is C11H17NO. The average molecular weight is 179 g/mol. The van der Waals surface area contributed by atoms with Gasteiger partial charge in [0.15, 0.2) is 0 Å². The molecule has 1 aromatic rings. The number of unbranched alkanes of at least 4 members (excludes halogenated alkanes) is 1. The molecule has 3 N–H and O–H groups in total. The summed E-state index contributed by atoms with van der Waals surface area (Å²) in [6.45, 7) is 2.55. The third-order valence-corrected chi connectivity index (χ3v) is 2.22. The molecule has 0 saturated carbocycles. The first kappa shape index (κ1) is 10.1. The number of hydrogen-bond donors (Lipinski definition) is 2. The highest BCUT2D eigenvalue weighted by molar-refractivity contribution is 5.40. The van der Waals surface area contributed by atoms with Crippen molar-refractivity contribution >= 4 is 0 Å². The molecule has 1 rings (SSSR count). The molecule has 72 valence electrons. The molecule has 2 nitrogen and oxygen atoms in total. The van der Waals surface area contributed by atoms with Crippen molar-refractivity contribution in [3.05, 3.63) is 29.3 Å². The van der Waals surface area contributed by atoms with Crippen LogP contribution in [-0.4, -0.2) is 5.11 Å². The summed E-state index contributed by atoms with van der Waals surface area (Å²) in [7, 11) is 0. The molecule has 0 aliphatic heterocycles. The van der Waals surface area contributed by atoms with Crippen molar-refractivity contribution in [1.29, 1.82) is 0 Å². The van der Waals surface area contributed by atoms with Gasteiger partial charge in [0.05, 0.1) is 0 Å². The van der Waals surface area contributed by atoms with E-state index in [0.717, 1.165) is 30.4 Å². The van der Waals surface area contributed by atoms with Gasteiger partial charge >= 0.3 is 0 Å². The van der Waals surface area contributed by atoms with Crippen molar-refractivity contribution in [1.82, 2.24) is 0 Å². The minimum Gasteiger partial charge on any atom is -0.507 e. The van der Waals surface area contributed by atoms with Gasteiger partial charge < -0.3 is 10.8 Å². The van der Waals surface area contributed by atoms with E-state index in [1.54, 1.807) is 0 Å². The van der Waals surface area contributed by atoms with Crippen LogP contribution >= 0.6 is 0 Å². The van der Waals surface area contributed by atoms with Gasteiger partial charge in [0.2, 0.25) is 0 Å². The van der Waals surface area contributed by atoms with Crippen LogP contribution in [0.2, 0.25) is 0 Å². The normalized spacial score (nSPS) is 10.3. The zero-order valence-corrected chi connectivity index (χ0v) is 8.09. The summed E-state index contributed by atoms with van der Waals surface area (Å²) in [6, 6.07) is 5.78. The number of aromatic hydroxyl groups is 1. The first-order chi connectivity index (χ1) is 6.29. The summed E-state index contributed by atoms with van der Waals surface area (Å²) in [6.07, 6.45) is 3.20. The van der Waals surface area contributed by atoms with Gasteiger partial charge in [0.1, 0.15) is 5.75 Å². The van der Waals surface area contributed by atoms with Crippen LogP contribution in [0.15, 0.2) is 18.2 Å². The highest BCUT2D eigenvalue weighted by Gasteiger charge is 2.04. The van der Waals surface area contributed by atoms with Gasteiger partial charge in [-0.2, -0.15) is 0 Å². The minimum absolute atomic E-state index is 0.387. The quantitative estimate of drug-likeness (QED) is 0.744. The Hall–Kier alpha value is -1.02. The molecule has 0 saturated heterocycles. The lowest BCUT2D eigenvalue weighted by Crippen LogP contribution is -1.98. The van der Waals surface area contributed by atoms with Crippen molar-refractivity contribution in [2.45, 2.75) is 32.7 Å². The highest BCUT2D eigenvalue weighted by atomic mass is 16.3. The number of phenolic OH excluding ortho intramolecular Hbond substituents is 1. The Morgan fingerprint density at radius 3 is 2.62 bits per heavy atom. The van der Waals surface area contributed by atoms with E-state index in [9.17, 15) is 5.11 Å². The molecule has 0 aliphatic rings. The molecule has 0 bridgehead atoms. The fourth-order valence-corrected chi connectivity index (χ4v) is 1.38. The first-order valence-electron chi connectivity index (χ1n) is 4.79. The Morgan fingerprint density at radius 1 is 1.31 bits per heavy atom. The van der Waals surface area contributed by atoms with Crippen LogP contribution in [0.25, 0.3) is 0 Å². The molecule has 0 unspecified atom stereocenters. The van der Waals surface area contributed by atoms with Crippen LogP contribution in [0.3, 0.4) is 0 Å². The monoisotopic (exact) mass is 179 g/mol. The zero-order chi connectivity index (χ0) is 9.68. The van der Waals surface area contributed by atoms with E-state index in [4.69, 9.17) is 5.73 Å². The first-order valence-corrected chi connectivity index (χ1v) is 4.79. The van der Waals surface area contributed by atoms with E-state index in [1.165, 1.54) is 0 Å². The maximum absolute atomic E-state index is 9.74. The van der Waals surface area contributed by atoms with Gasteiger partial charge in [0, 0.05) is 12.1 Å². The largest absolute Gasteiger partial charge is 0.507 e. The lowest BCUT2D eigenvalue weighted by molar-refractivity contribution is 0.460. The fraction of sp³-hybridized carbons (Fsp3) is 0.455. The Balaban J connectivity index is 2.81. The Bertz CT molecular complexity index is 271. The molecule has 0 aromatic heterocycles. The van der Waals surface area contributed by atoms with Crippen molar-refractivity contribution in [2.75, 3.05) is 0 Å². The SMILES string of the molecule is CCCCc1cccc(CN)c1O. The number of nitrogens with two attached hydrogens (primary N) is 1. The number of hydrogen-bond acceptors (Lipinski definition) is 2. The van der Waals surface area contributed by atoms with Crippen LogP contribution in [0, 0.1) is 0 Å². The van der Waals surface area contributed by atoms with Gasteiger partial charge in [-0.05, 0) is 18.4 Å². The summed E-state index contributed by atoms with van der Waals surface area (Å²) in [4.78, 5) is 0. The van der Waals surface area contributed by atoms with Gasteiger partial charge in [-0.15, -0.1) is 0 Å². The molecule has 1 aromatic carbocycles. The second-order valence-electron chi connectivity index (χ2n) is 3.23. The fourth-order valence-electron chi connectivity index (χ4n) is 1.38. The van der Waals surface area contributed by atoms with E-state index in [1.807, 2.05) is 18.2 Å². The van der Waals surface area contributed by atoms with Crippen LogP contribution in [0.1, 0.15) is 30.9 Å². The smallest absolute Gasteiger partial charge is 0.123 e. The molecule has 0 amide bonds. The number of aryl methyl sites for hydroxylation is 1. The van der Waals surface area contributed by atoms with Gasteiger partial charge in [-0.25, -0.2) is 0 Å². The van der Waals surface area contributed by atoms with E-state index in [2.05, 4.69) is 6.92 Å². The summed E-state index contributed by atoms with van der Waals surface area (Å²) in [5, 5.41) is 9.74. The lowest BCUT2D eigenvalue weighted by Gasteiger charge is -2.07. The predicted octanol–water partition coefficient (Wildman–Crippen LogP) is 2.19. The minimum atomic E-state index is 0.387. The van der Waals surface area contributed by atoms with Crippen LogP contribution < -0.4 is 5.73 Å². The van der Waals surface area contributed by atoms with Gasteiger partial charge in [-0.3, -0.25) is 0 Å². The number of phenols is 1. The summed E-state index contributed by atoms with van der Waals surface area (Å²) < 4.78 is 0. The lowest BCUT2D eigenvalue weighted by atomic mass is 10.0. The maximum Gasteiger partial charge on any atom is 0.123 e. The maximum atomic E-state index is 9.74. The zero-order valence-electron chi connectivity index (χ0n) is 8.09. The Labute approximate surface area is 79.4 Å². The number of para-hydroxylation sites is 1. The summed E-state index contributed by atoms with van der Waals surface area (Å²) in [5.74, 6) is 0.387. The van der Waals surface area contributed by atoms with E-state index in [-0.39, 0.29) is 0 Å². The third kappa shape index (κ3) is 2.46. The molecule has 0 radical (unpaired) electrons. The molecule has 13 heavy (non-hydrogen) atoms. The van der Waals surface area contributed by atoms with Crippen molar-refractivity contribution in [2.24, 2.45) is 5.73 Å². The van der Waals surface area contributed by atoms with Gasteiger partial charge in [-0.1, -0.05) is 31.5 Å². The van der Waals surface area contributed by atoms with E-state index < -0.39 is 0 Å². The van der Waals surface area contributed by atoms with Crippen LogP contribution in [0.5, 0.6) is 5.75 Å². The molecule has 0 aliphatic carbocycles. The molecular weight excluding hydrogens is 162 g/mol. The predicted molar refractivity (Wildman–Crippen MR) is 54.6 cm³/mol. The van der Waals surface area contributed by atoms with Crippen molar-refractivity contribution in [3.8, 4) is 5.75 Å². The van der Waals surface area contributed by atoms with E-state index >= 15 is 0 Å². The molecule has 0 heterocycles. The molecule has 0 atom stereocenters. The second-order valence-corrected chi connectivity index (χ2v) is 3.23. The summed E-state index contributed by atoms with van der Waals surface area (Å²) >= 11 is 0. The van der Waals surface area contributed by atoms with Crippen LogP contribution in [-0.2, 0) is 13.0 Å². The molecule has 0 spiro atoms. The highest BCUT2D eigenvalue weighted by Crippen LogP contribution is 2.23. The Kier molecular flexibility index (Phi) is 3.77. The van der Waals surface area contributed by atoms with E-state index in [0.29, 0.717) is 12.3 Å². The second kappa shape index (κ2) is 4.87. The molecule has 2 heteroatoms. The third-order valence-electron chi connectivity index (χ3n) is 2.22. The van der Waals surface area contributed by atoms with Crippen molar-refractivity contribution in [3.63, 3.8) is 0 Å². The van der Waals surface area contributed by atoms with Gasteiger partial charge in [0.25, 0.3) is 0 Å². The average Bonchev–Trinajstić information content (AvgIpc) is 2.16. The number of benzene rings is 1. The molecule has 0 fully saturated rings. The topological polar surface area (TPSA) is 46.2 Å². The van der Waals surface area contributed by atoms with Crippen LogP contribution in [0.4, 0.5) is 0 Å². The van der Waals surface area contributed by atoms with Crippen molar-refractivity contribution < 1.29 is 5.11 Å². The Morgan fingerprint density at radius 2 is 2.00 bits per heavy atom. The standard InChI is InChI=1S/C11H17NO/c1-2-3-5-9-6-4-7-10(8-12)11(9)13/h4,6-7,13H,2-3,5,8,12H2,1H3.